The van der Waals surface area contributed by atoms with Crippen LogP contribution in [0.5, 0.6) is 0 Å². The van der Waals surface area contributed by atoms with Crippen molar-refractivity contribution in [2.24, 2.45) is 0 Å². The van der Waals surface area contributed by atoms with Gasteiger partial charge in [0.05, 0.1) is 5.56 Å². The average Bonchev–Trinajstić information content (AvgIpc) is 2.50. The number of amides is 1. The maximum atomic E-state index is 12.1. The van der Waals surface area contributed by atoms with Crippen LogP contribution in [0.15, 0.2) is 18.2 Å². The van der Waals surface area contributed by atoms with Gasteiger partial charge in [0.15, 0.2) is 6.10 Å². The molecule has 1 fully saturated rings. The second-order valence-corrected chi connectivity index (χ2v) is 6.19. The van der Waals surface area contributed by atoms with Gasteiger partial charge in [-0.05, 0) is 56.9 Å². The lowest BCUT2D eigenvalue weighted by molar-refractivity contribution is -0.130. The Hall–Kier alpha value is -1.84. The summed E-state index contributed by atoms with van der Waals surface area (Å²) in [6.45, 7) is 5.56. The Morgan fingerprint density at radius 1 is 1.14 bits per heavy atom. The van der Waals surface area contributed by atoms with Gasteiger partial charge in [-0.1, -0.05) is 25.3 Å². The predicted octanol–water partition coefficient (Wildman–Crippen LogP) is 3.30. The molecule has 1 amide bonds. The molecule has 22 heavy (non-hydrogen) atoms. The first-order valence-corrected chi connectivity index (χ1v) is 8.06. The summed E-state index contributed by atoms with van der Waals surface area (Å²) < 4.78 is 5.28. The minimum atomic E-state index is -0.768. The topological polar surface area (TPSA) is 55.4 Å². The second-order valence-electron chi connectivity index (χ2n) is 6.19. The molecule has 120 valence electrons. The molecule has 0 heterocycles. The van der Waals surface area contributed by atoms with E-state index >= 15 is 0 Å². The maximum absolute atomic E-state index is 12.1. The predicted molar refractivity (Wildman–Crippen MR) is 85.8 cm³/mol. The van der Waals surface area contributed by atoms with Crippen molar-refractivity contribution < 1.29 is 14.3 Å². The van der Waals surface area contributed by atoms with E-state index in [1.54, 1.807) is 19.1 Å². The molecule has 0 radical (unpaired) electrons. The van der Waals surface area contributed by atoms with Crippen molar-refractivity contribution in [3.63, 3.8) is 0 Å². The number of carbonyl (C=O) groups is 2. The third-order valence-corrected chi connectivity index (χ3v) is 4.35. The number of esters is 1. The fraction of sp³-hybridized carbons (Fsp3) is 0.556. The number of ether oxygens (including phenoxy) is 1. The van der Waals surface area contributed by atoms with Crippen molar-refractivity contribution in [1.82, 2.24) is 5.32 Å². The molecule has 1 aliphatic carbocycles. The minimum absolute atomic E-state index is 0.205. The van der Waals surface area contributed by atoms with Crippen LogP contribution in [0.1, 0.15) is 60.5 Å². The van der Waals surface area contributed by atoms with Gasteiger partial charge in [-0.3, -0.25) is 4.79 Å². The van der Waals surface area contributed by atoms with Crippen LogP contribution < -0.4 is 5.32 Å². The van der Waals surface area contributed by atoms with E-state index in [0.717, 1.165) is 36.8 Å². The number of hydrogen-bond acceptors (Lipinski definition) is 3. The van der Waals surface area contributed by atoms with E-state index in [1.807, 2.05) is 19.9 Å². The van der Waals surface area contributed by atoms with Crippen molar-refractivity contribution >= 4 is 11.9 Å². The fourth-order valence-corrected chi connectivity index (χ4v) is 2.72. The number of carbonyl (C=O) groups excluding carboxylic acids is 2. The highest BCUT2D eigenvalue weighted by atomic mass is 16.5. The molecule has 2 rings (SSSR count). The van der Waals surface area contributed by atoms with Crippen molar-refractivity contribution in [2.45, 2.75) is 65.0 Å². The number of rotatable bonds is 4. The quantitative estimate of drug-likeness (QED) is 0.868. The van der Waals surface area contributed by atoms with Crippen LogP contribution in [-0.2, 0) is 9.53 Å². The SMILES string of the molecule is Cc1ccc(C(=O)O[C@@H](C)C(=O)NC2CCCCC2)cc1C. The van der Waals surface area contributed by atoms with Crippen LogP contribution >= 0.6 is 0 Å². The molecular formula is C18H25NO3. The third kappa shape index (κ3) is 4.33. The lowest BCUT2D eigenvalue weighted by Gasteiger charge is -2.24. The first-order valence-electron chi connectivity index (χ1n) is 8.06. The summed E-state index contributed by atoms with van der Waals surface area (Å²) in [7, 11) is 0. The maximum Gasteiger partial charge on any atom is 0.338 e. The Labute approximate surface area is 132 Å². The standard InChI is InChI=1S/C18H25NO3/c1-12-9-10-15(11-13(12)2)18(21)22-14(3)17(20)19-16-7-5-4-6-8-16/h9-11,14,16H,4-8H2,1-3H3,(H,19,20)/t14-/m0/s1. The number of nitrogens with one attached hydrogen (secondary N) is 1. The smallest absolute Gasteiger partial charge is 0.338 e. The van der Waals surface area contributed by atoms with E-state index in [1.165, 1.54) is 6.42 Å². The molecule has 1 aliphatic rings. The minimum Gasteiger partial charge on any atom is -0.449 e. The zero-order valence-electron chi connectivity index (χ0n) is 13.6. The molecular weight excluding hydrogens is 278 g/mol. The van der Waals surface area contributed by atoms with Gasteiger partial charge in [0.2, 0.25) is 0 Å². The van der Waals surface area contributed by atoms with Crippen LogP contribution in [0.25, 0.3) is 0 Å². The molecule has 0 bridgehead atoms. The van der Waals surface area contributed by atoms with E-state index in [9.17, 15) is 9.59 Å². The highest BCUT2D eigenvalue weighted by molar-refractivity contribution is 5.92. The molecule has 1 aromatic carbocycles. The molecule has 0 spiro atoms. The van der Waals surface area contributed by atoms with E-state index in [4.69, 9.17) is 4.74 Å². The van der Waals surface area contributed by atoms with E-state index in [0.29, 0.717) is 5.56 Å². The van der Waals surface area contributed by atoms with Crippen LogP contribution in [0.4, 0.5) is 0 Å². The van der Waals surface area contributed by atoms with Gasteiger partial charge >= 0.3 is 5.97 Å². The lowest BCUT2D eigenvalue weighted by atomic mass is 9.95. The Bertz CT molecular complexity index is 547. The number of benzene rings is 1. The van der Waals surface area contributed by atoms with E-state index < -0.39 is 12.1 Å². The highest BCUT2D eigenvalue weighted by Crippen LogP contribution is 2.18. The molecule has 4 heteroatoms. The van der Waals surface area contributed by atoms with Gasteiger partial charge < -0.3 is 10.1 Å². The largest absolute Gasteiger partial charge is 0.449 e. The lowest BCUT2D eigenvalue weighted by Crippen LogP contribution is -2.42. The zero-order valence-corrected chi connectivity index (χ0v) is 13.6. The van der Waals surface area contributed by atoms with Crippen LogP contribution in [0, 0.1) is 13.8 Å². The number of hydrogen-bond donors (Lipinski definition) is 1. The van der Waals surface area contributed by atoms with Crippen molar-refractivity contribution in [3.05, 3.63) is 34.9 Å². The molecule has 1 N–H and O–H groups in total. The zero-order chi connectivity index (χ0) is 16.1. The van der Waals surface area contributed by atoms with Crippen LogP contribution in [0.3, 0.4) is 0 Å². The van der Waals surface area contributed by atoms with Crippen LogP contribution in [0.2, 0.25) is 0 Å². The Kier molecular flexibility index (Phi) is 5.58. The van der Waals surface area contributed by atoms with Gasteiger partial charge in [-0.15, -0.1) is 0 Å². The van der Waals surface area contributed by atoms with E-state index in [-0.39, 0.29) is 11.9 Å². The molecule has 1 saturated carbocycles. The summed E-state index contributed by atoms with van der Waals surface area (Å²) in [5.41, 5.74) is 2.65. The fourth-order valence-electron chi connectivity index (χ4n) is 2.72. The Morgan fingerprint density at radius 2 is 1.82 bits per heavy atom. The van der Waals surface area contributed by atoms with Gasteiger partial charge in [0, 0.05) is 6.04 Å². The Balaban J connectivity index is 1.89. The third-order valence-electron chi connectivity index (χ3n) is 4.35. The molecule has 0 aromatic heterocycles. The first kappa shape index (κ1) is 16.5. The first-order chi connectivity index (χ1) is 10.5. The molecule has 0 saturated heterocycles. The summed E-state index contributed by atoms with van der Waals surface area (Å²) in [6.07, 6.45) is 4.82. The van der Waals surface area contributed by atoms with Crippen molar-refractivity contribution in [3.8, 4) is 0 Å². The monoisotopic (exact) mass is 303 g/mol. The van der Waals surface area contributed by atoms with Gasteiger partial charge in [-0.2, -0.15) is 0 Å². The average molecular weight is 303 g/mol. The number of aryl methyl sites for hydroxylation is 2. The Morgan fingerprint density at radius 3 is 2.45 bits per heavy atom. The van der Waals surface area contributed by atoms with Crippen molar-refractivity contribution in [1.29, 1.82) is 0 Å². The summed E-state index contributed by atoms with van der Waals surface area (Å²) in [4.78, 5) is 24.2. The molecule has 1 aromatic rings. The summed E-state index contributed by atoms with van der Waals surface area (Å²) in [6, 6.07) is 5.64. The van der Waals surface area contributed by atoms with Gasteiger partial charge in [0.25, 0.3) is 5.91 Å². The molecule has 1 atom stereocenters. The van der Waals surface area contributed by atoms with Gasteiger partial charge in [0.1, 0.15) is 0 Å². The second kappa shape index (κ2) is 7.43. The summed E-state index contributed by atoms with van der Waals surface area (Å²) in [5.74, 6) is -0.654. The molecule has 0 aliphatic heterocycles. The summed E-state index contributed by atoms with van der Waals surface area (Å²) >= 11 is 0. The van der Waals surface area contributed by atoms with Crippen molar-refractivity contribution in [2.75, 3.05) is 0 Å². The molecule has 4 nitrogen and oxygen atoms in total. The van der Waals surface area contributed by atoms with Gasteiger partial charge in [-0.25, -0.2) is 4.79 Å². The highest BCUT2D eigenvalue weighted by Gasteiger charge is 2.22. The normalized spacial score (nSPS) is 16.9. The summed E-state index contributed by atoms with van der Waals surface area (Å²) in [5, 5.41) is 2.98. The van der Waals surface area contributed by atoms with Crippen LogP contribution in [-0.4, -0.2) is 24.0 Å². The van der Waals surface area contributed by atoms with E-state index in [2.05, 4.69) is 5.32 Å². The molecule has 0 unspecified atom stereocenters.